The maximum atomic E-state index is 12.9. The van der Waals surface area contributed by atoms with Crippen LogP contribution in [0.15, 0.2) is 55.0 Å². The second-order valence-corrected chi connectivity index (χ2v) is 6.95. The summed E-state index contributed by atoms with van der Waals surface area (Å²) < 4.78 is 3.10. The van der Waals surface area contributed by atoms with Crippen molar-refractivity contribution in [2.24, 2.45) is 7.05 Å². The Morgan fingerprint density at radius 3 is 2.68 bits per heavy atom. The molecule has 0 aliphatic rings. The van der Waals surface area contributed by atoms with E-state index in [1.54, 1.807) is 30.8 Å². The summed E-state index contributed by atoms with van der Waals surface area (Å²) in [7, 11) is 3.13. The summed E-state index contributed by atoms with van der Waals surface area (Å²) in [4.78, 5) is 35.7. The molecule has 3 aromatic heterocycles. The third-order valence-electron chi connectivity index (χ3n) is 4.80. The van der Waals surface area contributed by atoms with Crippen LogP contribution < -0.4 is 5.32 Å². The van der Waals surface area contributed by atoms with Crippen LogP contribution in [-0.2, 0) is 7.05 Å². The predicted molar refractivity (Wildman–Crippen MR) is 114 cm³/mol. The Balaban J connectivity index is 1.59. The zero-order valence-electron chi connectivity index (χ0n) is 17.1. The van der Waals surface area contributed by atoms with Crippen LogP contribution in [0.2, 0.25) is 0 Å². The molecule has 0 aliphatic heterocycles. The summed E-state index contributed by atoms with van der Waals surface area (Å²) in [5.74, 6) is -0.199. The molecule has 158 valence electrons. The number of imidazole rings is 1. The third-order valence-corrected chi connectivity index (χ3v) is 4.80. The summed E-state index contributed by atoms with van der Waals surface area (Å²) in [6.07, 6.45) is 4.95. The summed E-state index contributed by atoms with van der Waals surface area (Å²) >= 11 is 0. The predicted octanol–water partition coefficient (Wildman–Crippen LogP) is 1.45. The molecule has 3 heterocycles. The zero-order chi connectivity index (χ0) is 22.0. The number of nitrogens with one attached hydrogen (secondary N) is 1. The number of amides is 2. The van der Waals surface area contributed by atoms with Gasteiger partial charge in [-0.2, -0.15) is 10.1 Å². The number of aryl methyl sites for hydroxylation is 1. The Kier molecular flexibility index (Phi) is 5.46. The highest BCUT2D eigenvalue weighted by Gasteiger charge is 2.24. The Hall–Kier alpha value is -4.05. The minimum atomic E-state index is -0.521. The first kappa shape index (κ1) is 20.2. The number of likely N-dealkylation sites (N-methyl/N-ethyl adjacent to an activating group) is 1. The lowest BCUT2D eigenvalue weighted by Crippen LogP contribution is -2.31. The second kappa shape index (κ2) is 8.36. The van der Waals surface area contributed by atoms with Gasteiger partial charge in [-0.3, -0.25) is 18.7 Å². The number of aromatic nitrogens is 5. The van der Waals surface area contributed by atoms with E-state index in [9.17, 15) is 9.59 Å². The summed E-state index contributed by atoms with van der Waals surface area (Å²) in [5.41, 5.74) is 1.97. The molecule has 0 bridgehead atoms. The molecule has 0 unspecified atom stereocenters. The van der Waals surface area contributed by atoms with Gasteiger partial charge in [-0.25, -0.2) is 4.98 Å². The number of carbonyl (C=O) groups excluding carboxylic acids is 2. The number of nitrogens with zero attached hydrogens (tertiary/aromatic N) is 6. The van der Waals surface area contributed by atoms with Crippen molar-refractivity contribution >= 4 is 23.4 Å². The minimum Gasteiger partial charge on any atom is -0.395 e. The number of aliphatic hydroxyl groups is 1. The molecule has 0 radical (unpaired) electrons. The van der Waals surface area contributed by atoms with E-state index in [1.807, 2.05) is 36.5 Å². The van der Waals surface area contributed by atoms with Crippen LogP contribution in [0.4, 0.5) is 5.82 Å². The van der Waals surface area contributed by atoms with Crippen molar-refractivity contribution in [2.75, 3.05) is 25.5 Å². The number of hydrogen-bond donors (Lipinski definition) is 2. The van der Waals surface area contributed by atoms with E-state index in [0.717, 1.165) is 11.3 Å². The Labute approximate surface area is 177 Å². The Bertz CT molecular complexity index is 1250. The van der Waals surface area contributed by atoms with E-state index in [0.29, 0.717) is 11.6 Å². The molecule has 1 aromatic carbocycles. The summed E-state index contributed by atoms with van der Waals surface area (Å²) in [5, 5.41) is 15.8. The molecule has 4 aromatic rings. The molecular formula is C21H21N7O3. The van der Waals surface area contributed by atoms with Crippen molar-refractivity contribution in [2.45, 2.75) is 0 Å². The monoisotopic (exact) mass is 419 g/mol. The van der Waals surface area contributed by atoms with Crippen LogP contribution in [0.1, 0.15) is 20.8 Å². The van der Waals surface area contributed by atoms with Gasteiger partial charge < -0.3 is 15.3 Å². The first-order valence-electron chi connectivity index (χ1n) is 9.59. The van der Waals surface area contributed by atoms with E-state index in [2.05, 4.69) is 20.4 Å². The fraction of sp³-hybridized carbons (Fsp3) is 0.190. The maximum Gasteiger partial charge on any atom is 0.275 e. The van der Waals surface area contributed by atoms with E-state index in [4.69, 9.17) is 5.11 Å². The van der Waals surface area contributed by atoms with Crippen LogP contribution >= 0.6 is 0 Å². The van der Waals surface area contributed by atoms with Crippen molar-refractivity contribution in [3.05, 3.63) is 66.2 Å². The van der Waals surface area contributed by atoms with Gasteiger partial charge in [0.15, 0.2) is 0 Å². The highest BCUT2D eigenvalue weighted by Crippen LogP contribution is 2.19. The fourth-order valence-electron chi connectivity index (χ4n) is 3.19. The number of anilines is 1. The molecule has 0 spiro atoms. The Morgan fingerprint density at radius 2 is 1.94 bits per heavy atom. The van der Waals surface area contributed by atoms with Crippen molar-refractivity contribution in [3.8, 4) is 11.3 Å². The highest BCUT2D eigenvalue weighted by atomic mass is 16.3. The van der Waals surface area contributed by atoms with E-state index < -0.39 is 11.8 Å². The van der Waals surface area contributed by atoms with Crippen molar-refractivity contribution in [3.63, 3.8) is 0 Å². The van der Waals surface area contributed by atoms with Crippen molar-refractivity contribution in [1.29, 1.82) is 0 Å². The van der Waals surface area contributed by atoms with Crippen LogP contribution in [0.25, 0.3) is 17.0 Å². The standard InChI is InChI=1S/C21H21N7O3/c1-26(10-11-29)20(31)15-12-22-27(2)18(15)19(30)24-17-8-9-28-13-16(23-21(28)25-17)14-6-4-3-5-7-14/h3-9,12-13,29H,10-11H2,1-2H3,(H,23,24,25,30). The molecule has 10 heteroatoms. The smallest absolute Gasteiger partial charge is 0.275 e. The number of rotatable bonds is 6. The summed E-state index contributed by atoms with van der Waals surface area (Å²) in [6, 6.07) is 11.4. The first-order chi connectivity index (χ1) is 15.0. The van der Waals surface area contributed by atoms with Gasteiger partial charge in [-0.1, -0.05) is 30.3 Å². The van der Waals surface area contributed by atoms with Crippen LogP contribution in [0.3, 0.4) is 0 Å². The van der Waals surface area contributed by atoms with Gasteiger partial charge in [0, 0.05) is 38.6 Å². The van der Waals surface area contributed by atoms with Gasteiger partial charge in [-0.15, -0.1) is 0 Å². The molecule has 10 nitrogen and oxygen atoms in total. The van der Waals surface area contributed by atoms with Gasteiger partial charge in [-0.05, 0) is 6.07 Å². The minimum absolute atomic E-state index is 0.102. The third kappa shape index (κ3) is 4.01. The van der Waals surface area contributed by atoms with Gasteiger partial charge >= 0.3 is 0 Å². The average Bonchev–Trinajstić information content (AvgIpc) is 3.37. The number of benzene rings is 1. The number of carbonyl (C=O) groups is 2. The quantitative estimate of drug-likeness (QED) is 0.488. The molecule has 2 amide bonds. The molecule has 0 fully saturated rings. The lowest BCUT2D eigenvalue weighted by molar-refractivity contribution is 0.0762. The first-order valence-corrected chi connectivity index (χ1v) is 9.59. The molecular weight excluding hydrogens is 398 g/mol. The fourth-order valence-corrected chi connectivity index (χ4v) is 3.19. The van der Waals surface area contributed by atoms with Crippen molar-refractivity contribution in [1.82, 2.24) is 29.0 Å². The van der Waals surface area contributed by atoms with Crippen LogP contribution in [0.5, 0.6) is 0 Å². The van der Waals surface area contributed by atoms with E-state index in [-0.39, 0.29) is 24.4 Å². The normalized spacial score (nSPS) is 10.9. The van der Waals surface area contributed by atoms with E-state index >= 15 is 0 Å². The topological polar surface area (TPSA) is 118 Å². The average molecular weight is 419 g/mol. The molecule has 0 saturated carbocycles. The summed E-state index contributed by atoms with van der Waals surface area (Å²) in [6.45, 7) is -0.0279. The largest absolute Gasteiger partial charge is 0.395 e. The number of aliphatic hydroxyl groups excluding tert-OH is 1. The lowest BCUT2D eigenvalue weighted by Gasteiger charge is -2.15. The molecule has 0 aliphatic carbocycles. The molecule has 31 heavy (non-hydrogen) atoms. The van der Waals surface area contributed by atoms with E-state index in [1.165, 1.54) is 15.8 Å². The second-order valence-electron chi connectivity index (χ2n) is 6.95. The molecule has 0 saturated heterocycles. The molecule has 2 N–H and O–H groups in total. The van der Waals surface area contributed by atoms with Crippen molar-refractivity contribution < 1.29 is 14.7 Å². The zero-order valence-corrected chi connectivity index (χ0v) is 17.1. The SMILES string of the molecule is CN(CCO)C(=O)c1cnn(C)c1C(=O)Nc1ccn2cc(-c3ccccc3)nc2n1. The van der Waals surface area contributed by atoms with Gasteiger partial charge in [0.1, 0.15) is 11.5 Å². The molecule has 4 rings (SSSR count). The number of hydrogen-bond acceptors (Lipinski definition) is 6. The van der Waals surface area contributed by atoms with Gasteiger partial charge in [0.25, 0.3) is 11.8 Å². The maximum absolute atomic E-state index is 12.9. The van der Waals surface area contributed by atoms with Gasteiger partial charge in [0.2, 0.25) is 5.78 Å². The van der Waals surface area contributed by atoms with Crippen LogP contribution in [-0.4, -0.2) is 66.2 Å². The Morgan fingerprint density at radius 1 is 1.16 bits per heavy atom. The number of fused-ring (bicyclic) bond motifs is 1. The lowest BCUT2D eigenvalue weighted by atomic mass is 10.2. The van der Waals surface area contributed by atoms with Crippen LogP contribution in [0, 0.1) is 0 Å². The van der Waals surface area contributed by atoms with Gasteiger partial charge in [0.05, 0.1) is 24.1 Å². The highest BCUT2D eigenvalue weighted by molar-refractivity contribution is 6.10. The molecule has 0 atom stereocenters.